The highest BCUT2D eigenvalue weighted by atomic mass is 16.5. The van der Waals surface area contributed by atoms with E-state index < -0.39 is 0 Å². The summed E-state index contributed by atoms with van der Waals surface area (Å²) < 4.78 is 7.96. The molecule has 106 valence electrons. The average molecular weight is 271 g/mol. The van der Waals surface area contributed by atoms with Crippen LogP contribution in [0.3, 0.4) is 0 Å². The van der Waals surface area contributed by atoms with Gasteiger partial charge in [-0.25, -0.2) is 0 Å². The molecular weight excluding hydrogens is 250 g/mol. The Kier molecular flexibility index (Phi) is 3.74. The summed E-state index contributed by atoms with van der Waals surface area (Å²) >= 11 is 0. The number of nitrogens with zero attached hydrogens (tertiary/aromatic N) is 2. The third-order valence-corrected chi connectivity index (χ3v) is 3.61. The van der Waals surface area contributed by atoms with E-state index in [0.29, 0.717) is 0 Å². The van der Waals surface area contributed by atoms with Gasteiger partial charge in [-0.2, -0.15) is 5.10 Å². The Morgan fingerprint density at radius 3 is 3.20 bits per heavy atom. The van der Waals surface area contributed by atoms with Gasteiger partial charge in [-0.1, -0.05) is 24.6 Å². The number of hydrogen-bond acceptors (Lipinski definition) is 3. The van der Waals surface area contributed by atoms with E-state index in [-0.39, 0.29) is 6.10 Å². The number of aryl methyl sites for hydroxylation is 1. The highest BCUT2D eigenvalue weighted by Crippen LogP contribution is 2.29. The third-order valence-electron chi connectivity index (χ3n) is 3.61. The van der Waals surface area contributed by atoms with Crippen LogP contribution in [0.4, 0.5) is 0 Å². The maximum Gasteiger partial charge on any atom is 0.123 e. The van der Waals surface area contributed by atoms with Crippen molar-refractivity contribution in [2.24, 2.45) is 0 Å². The molecule has 0 aliphatic carbocycles. The number of rotatable bonds is 5. The fraction of sp³-hybridized carbons (Fsp3) is 0.438. The van der Waals surface area contributed by atoms with E-state index in [1.165, 1.54) is 16.7 Å². The Bertz CT molecular complexity index is 591. The molecule has 1 N–H and O–H groups in total. The first-order valence-electron chi connectivity index (χ1n) is 7.23. The van der Waals surface area contributed by atoms with Gasteiger partial charge in [0.2, 0.25) is 0 Å². The third kappa shape index (κ3) is 2.85. The lowest BCUT2D eigenvalue weighted by atomic mass is 10.1. The minimum atomic E-state index is 0.193. The number of benzene rings is 1. The van der Waals surface area contributed by atoms with Gasteiger partial charge in [0.05, 0.1) is 12.7 Å². The molecule has 0 radical (unpaired) electrons. The molecule has 0 fully saturated rings. The van der Waals surface area contributed by atoms with Crippen molar-refractivity contribution in [3.05, 3.63) is 47.3 Å². The van der Waals surface area contributed by atoms with E-state index in [0.717, 1.165) is 31.8 Å². The van der Waals surface area contributed by atoms with E-state index in [9.17, 15) is 0 Å². The summed E-state index contributed by atoms with van der Waals surface area (Å²) in [5.41, 5.74) is 3.83. The molecule has 0 saturated carbocycles. The van der Waals surface area contributed by atoms with Crippen molar-refractivity contribution < 1.29 is 4.74 Å². The van der Waals surface area contributed by atoms with Crippen LogP contribution in [0, 0.1) is 6.92 Å². The molecule has 0 amide bonds. The van der Waals surface area contributed by atoms with Gasteiger partial charge >= 0.3 is 0 Å². The second-order valence-corrected chi connectivity index (χ2v) is 5.41. The van der Waals surface area contributed by atoms with Crippen molar-refractivity contribution >= 4 is 0 Å². The Hall–Kier alpha value is -1.81. The fourth-order valence-corrected chi connectivity index (χ4v) is 2.63. The monoisotopic (exact) mass is 271 g/mol. The van der Waals surface area contributed by atoms with Crippen molar-refractivity contribution in [1.29, 1.82) is 0 Å². The maximum absolute atomic E-state index is 5.98. The fourth-order valence-electron chi connectivity index (χ4n) is 2.63. The topological polar surface area (TPSA) is 39.1 Å². The lowest BCUT2D eigenvalue weighted by molar-refractivity contribution is 0.203. The van der Waals surface area contributed by atoms with E-state index in [1.54, 1.807) is 0 Å². The van der Waals surface area contributed by atoms with Crippen LogP contribution in [0.15, 0.2) is 30.6 Å². The van der Waals surface area contributed by atoms with E-state index in [2.05, 4.69) is 48.7 Å². The molecular formula is C16H21N3O. The summed E-state index contributed by atoms with van der Waals surface area (Å²) in [5.74, 6) is 1.03. The quantitative estimate of drug-likeness (QED) is 0.907. The van der Waals surface area contributed by atoms with Gasteiger partial charge in [0, 0.05) is 24.7 Å². The zero-order valence-electron chi connectivity index (χ0n) is 12.1. The summed E-state index contributed by atoms with van der Waals surface area (Å²) in [6.07, 6.45) is 5.19. The van der Waals surface area contributed by atoms with Crippen molar-refractivity contribution in [3.63, 3.8) is 0 Å². The molecule has 2 aromatic rings. The molecule has 0 saturated heterocycles. The van der Waals surface area contributed by atoms with Crippen molar-refractivity contribution in [1.82, 2.24) is 15.1 Å². The van der Waals surface area contributed by atoms with E-state index in [4.69, 9.17) is 4.74 Å². The van der Waals surface area contributed by atoms with Crippen LogP contribution in [0.1, 0.15) is 23.6 Å². The van der Waals surface area contributed by atoms with Crippen molar-refractivity contribution in [2.45, 2.75) is 39.5 Å². The second-order valence-electron chi connectivity index (χ2n) is 5.41. The first-order valence-corrected chi connectivity index (χ1v) is 7.23. The number of nitrogens with one attached hydrogen (secondary N) is 1. The lowest BCUT2D eigenvalue weighted by Crippen LogP contribution is -2.21. The van der Waals surface area contributed by atoms with Crippen LogP contribution in [0.2, 0.25) is 0 Å². The predicted molar refractivity (Wildman–Crippen MR) is 78.9 cm³/mol. The van der Waals surface area contributed by atoms with Crippen LogP contribution in [0.25, 0.3) is 0 Å². The summed E-state index contributed by atoms with van der Waals surface area (Å²) in [4.78, 5) is 0. The Morgan fingerprint density at radius 2 is 2.35 bits per heavy atom. The molecule has 20 heavy (non-hydrogen) atoms. The van der Waals surface area contributed by atoms with Gasteiger partial charge in [0.1, 0.15) is 11.9 Å². The summed E-state index contributed by atoms with van der Waals surface area (Å²) in [5, 5.41) is 7.72. The zero-order chi connectivity index (χ0) is 13.9. The van der Waals surface area contributed by atoms with Crippen LogP contribution in [-0.4, -0.2) is 22.4 Å². The second kappa shape index (κ2) is 5.67. The largest absolute Gasteiger partial charge is 0.488 e. The molecule has 1 aliphatic rings. The van der Waals surface area contributed by atoms with Crippen LogP contribution >= 0.6 is 0 Å². The Labute approximate surface area is 119 Å². The molecule has 0 spiro atoms. The maximum atomic E-state index is 5.98. The Balaban J connectivity index is 1.61. The van der Waals surface area contributed by atoms with Gasteiger partial charge in [0.15, 0.2) is 0 Å². The molecule has 3 rings (SSSR count). The van der Waals surface area contributed by atoms with E-state index >= 15 is 0 Å². The smallest absolute Gasteiger partial charge is 0.123 e. The molecule has 1 aliphatic heterocycles. The van der Waals surface area contributed by atoms with Crippen LogP contribution in [0.5, 0.6) is 5.75 Å². The molecule has 1 aromatic carbocycles. The zero-order valence-corrected chi connectivity index (χ0v) is 12.1. The minimum absolute atomic E-state index is 0.193. The summed E-state index contributed by atoms with van der Waals surface area (Å²) in [6, 6.07) is 6.39. The lowest BCUT2D eigenvalue weighted by Gasteiger charge is -2.10. The van der Waals surface area contributed by atoms with Gasteiger partial charge < -0.3 is 10.1 Å². The number of aromatic nitrogens is 2. The van der Waals surface area contributed by atoms with Gasteiger partial charge in [-0.05, 0) is 25.1 Å². The number of hydrogen-bond donors (Lipinski definition) is 1. The highest BCUT2D eigenvalue weighted by molar-refractivity contribution is 5.40. The normalized spacial score (nSPS) is 17.0. The van der Waals surface area contributed by atoms with Gasteiger partial charge in [0.25, 0.3) is 0 Å². The van der Waals surface area contributed by atoms with Crippen molar-refractivity contribution in [3.8, 4) is 5.75 Å². The number of fused-ring (bicyclic) bond motifs is 1. The van der Waals surface area contributed by atoms with Gasteiger partial charge in [-0.15, -0.1) is 0 Å². The SMILES string of the molecule is CCNCc1cnn(CC2Cc3cc(C)ccc3O2)c1. The summed E-state index contributed by atoms with van der Waals surface area (Å²) in [6.45, 7) is 6.89. The highest BCUT2D eigenvalue weighted by Gasteiger charge is 2.23. The standard InChI is InChI=1S/C16H21N3O/c1-3-17-8-13-9-18-19(10-13)11-15-7-14-6-12(2)4-5-16(14)20-15/h4-6,9-10,15,17H,3,7-8,11H2,1-2H3. The molecule has 2 heterocycles. The minimum Gasteiger partial charge on any atom is -0.488 e. The number of ether oxygens (including phenoxy) is 1. The average Bonchev–Trinajstić information content (AvgIpc) is 3.02. The van der Waals surface area contributed by atoms with Crippen LogP contribution in [-0.2, 0) is 19.5 Å². The molecule has 1 aromatic heterocycles. The molecule has 4 nitrogen and oxygen atoms in total. The molecule has 1 unspecified atom stereocenters. The van der Waals surface area contributed by atoms with Crippen LogP contribution < -0.4 is 10.1 Å². The van der Waals surface area contributed by atoms with Gasteiger partial charge in [-0.3, -0.25) is 4.68 Å². The predicted octanol–water partition coefficient (Wildman–Crippen LogP) is 2.30. The Morgan fingerprint density at radius 1 is 1.45 bits per heavy atom. The molecule has 0 bridgehead atoms. The van der Waals surface area contributed by atoms with E-state index in [1.807, 2.05) is 10.9 Å². The van der Waals surface area contributed by atoms with Crippen molar-refractivity contribution in [2.75, 3.05) is 6.54 Å². The summed E-state index contributed by atoms with van der Waals surface area (Å²) in [7, 11) is 0. The molecule has 1 atom stereocenters. The molecule has 4 heteroatoms. The first kappa shape index (κ1) is 13.2. The first-order chi connectivity index (χ1) is 9.74.